The molecular weight excluding hydrogens is 370 g/mol. The van der Waals surface area contributed by atoms with E-state index in [0.29, 0.717) is 5.92 Å². The van der Waals surface area contributed by atoms with E-state index in [1.807, 2.05) is 13.8 Å². The van der Waals surface area contributed by atoms with Gasteiger partial charge in [-0.05, 0) is 79.4 Å². The lowest BCUT2D eigenvalue weighted by Gasteiger charge is -2.62. The number of hydrogen-bond acceptors (Lipinski definition) is 2. The molecule has 0 radical (unpaired) electrons. The average Bonchev–Trinajstić information content (AvgIpc) is 3.04. The second kappa shape index (κ2) is 8.73. The van der Waals surface area contributed by atoms with Gasteiger partial charge >= 0.3 is 0 Å². The largest absolute Gasteiger partial charge is 0.396 e. The van der Waals surface area contributed by atoms with Gasteiger partial charge in [0.25, 0.3) is 5.92 Å². The van der Waals surface area contributed by atoms with Crippen LogP contribution in [0, 0.1) is 46.3 Å². The molecule has 2 nitrogen and oxygen atoms in total. The molecule has 7 unspecified atom stereocenters. The van der Waals surface area contributed by atoms with Crippen molar-refractivity contribution in [2.45, 2.75) is 97.8 Å². The molecule has 2 N–H and O–H groups in total. The van der Waals surface area contributed by atoms with Crippen LogP contribution in [0.25, 0.3) is 0 Å². The maximum Gasteiger partial charge on any atom is 0.251 e. The van der Waals surface area contributed by atoms with Gasteiger partial charge in [-0.1, -0.05) is 40.5 Å². The highest BCUT2D eigenvalue weighted by Gasteiger charge is 2.67. The Morgan fingerprint density at radius 2 is 1.52 bits per heavy atom. The third kappa shape index (κ3) is 3.79. The van der Waals surface area contributed by atoms with E-state index in [0.717, 1.165) is 51.4 Å². The Kier molecular flexibility index (Phi) is 7.05. The maximum absolute atomic E-state index is 15.5. The quantitative estimate of drug-likeness (QED) is 0.567. The molecule has 170 valence electrons. The van der Waals surface area contributed by atoms with Gasteiger partial charge in [-0.15, -0.1) is 0 Å². The first kappa shape index (κ1) is 23.4. The lowest BCUT2D eigenvalue weighted by atomic mass is 9.44. The number of halogens is 2. The smallest absolute Gasteiger partial charge is 0.251 e. The Labute approximate surface area is 176 Å². The predicted molar refractivity (Wildman–Crippen MR) is 114 cm³/mol. The van der Waals surface area contributed by atoms with Crippen LogP contribution in [0.3, 0.4) is 0 Å². The topological polar surface area (TPSA) is 40.5 Å². The normalized spacial score (nSPS) is 45.6. The summed E-state index contributed by atoms with van der Waals surface area (Å²) in [6.45, 7) is 8.58. The summed E-state index contributed by atoms with van der Waals surface area (Å²) in [6, 6.07) is 0. The van der Waals surface area contributed by atoms with Gasteiger partial charge in [-0.3, -0.25) is 0 Å². The Morgan fingerprint density at radius 1 is 0.862 bits per heavy atom. The number of aliphatic hydroxyl groups excluding tert-OH is 2. The minimum Gasteiger partial charge on any atom is -0.396 e. The van der Waals surface area contributed by atoms with Crippen molar-refractivity contribution in [1.29, 1.82) is 0 Å². The summed E-state index contributed by atoms with van der Waals surface area (Å²) < 4.78 is 31.1. The number of hydrogen-bond donors (Lipinski definition) is 2. The molecule has 4 heteroatoms. The van der Waals surface area contributed by atoms with Gasteiger partial charge in [0, 0.05) is 31.5 Å². The molecule has 0 spiro atoms. The molecule has 0 bridgehead atoms. The van der Waals surface area contributed by atoms with Gasteiger partial charge in [-0.2, -0.15) is 0 Å². The lowest BCUT2D eigenvalue weighted by molar-refractivity contribution is -0.232. The van der Waals surface area contributed by atoms with Crippen molar-refractivity contribution in [1.82, 2.24) is 0 Å². The predicted octanol–water partition coefficient (Wildman–Crippen LogP) is 6.30. The zero-order chi connectivity index (χ0) is 21.4. The van der Waals surface area contributed by atoms with Crippen LogP contribution in [0.4, 0.5) is 8.78 Å². The highest BCUT2D eigenvalue weighted by atomic mass is 19.3. The van der Waals surface area contributed by atoms with Gasteiger partial charge in [0.15, 0.2) is 0 Å². The maximum atomic E-state index is 15.5. The molecule has 4 aliphatic rings. The van der Waals surface area contributed by atoms with Crippen LogP contribution in [-0.2, 0) is 0 Å². The fourth-order valence-corrected chi connectivity index (χ4v) is 8.29. The van der Waals surface area contributed by atoms with E-state index in [9.17, 15) is 10.2 Å². The van der Waals surface area contributed by atoms with Gasteiger partial charge in [0.2, 0.25) is 0 Å². The van der Waals surface area contributed by atoms with Gasteiger partial charge in [0.05, 0.1) is 0 Å². The van der Waals surface area contributed by atoms with Crippen molar-refractivity contribution < 1.29 is 19.0 Å². The second-order valence-electron chi connectivity index (χ2n) is 10.9. The first-order valence-corrected chi connectivity index (χ1v) is 12.4. The van der Waals surface area contributed by atoms with Crippen molar-refractivity contribution in [2.75, 3.05) is 13.2 Å². The van der Waals surface area contributed by atoms with E-state index in [-0.39, 0.29) is 54.1 Å². The van der Waals surface area contributed by atoms with Crippen molar-refractivity contribution in [3.63, 3.8) is 0 Å². The third-order valence-corrected chi connectivity index (χ3v) is 9.91. The Hall–Kier alpha value is -0.220. The van der Waals surface area contributed by atoms with Crippen molar-refractivity contribution >= 4 is 0 Å². The summed E-state index contributed by atoms with van der Waals surface area (Å²) in [5, 5.41) is 19.0. The minimum absolute atomic E-state index is 0.00425. The molecule has 0 heterocycles. The first-order chi connectivity index (χ1) is 13.8. The molecule has 0 aliphatic heterocycles. The van der Waals surface area contributed by atoms with E-state index < -0.39 is 11.8 Å². The van der Waals surface area contributed by atoms with E-state index >= 15 is 8.78 Å². The molecule has 4 saturated carbocycles. The van der Waals surface area contributed by atoms with Crippen LogP contribution < -0.4 is 0 Å². The SMILES string of the molecule is CC.CC12CCC3C(C1CCC2CC(CO)CO)C(F)(F)CC1CCCCC13C. The van der Waals surface area contributed by atoms with Crippen LogP contribution in [-0.4, -0.2) is 29.3 Å². The fraction of sp³-hybridized carbons (Fsp3) is 1.00. The summed E-state index contributed by atoms with van der Waals surface area (Å²) in [5.41, 5.74) is 0.0633. The molecule has 7 atom stereocenters. The van der Waals surface area contributed by atoms with E-state index in [1.54, 1.807) is 0 Å². The molecule has 0 aromatic carbocycles. The fourth-order valence-electron chi connectivity index (χ4n) is 8.29. The molecule has 4 rings (SSSR count). The van der Waals surface area contributed by atoms with Crippen LogP contribution in [0.5, 0.6) is 0 Å². The number of rotatable bonds is 4. The number of alkyl halides is 2. The van der Waals surface area contributed by atoms with E-state index in [2.05, 4.69) is 13.8 Å². The van der Waals surface area contributed by atoms with Crippen molar-refractivity contribution in [3.8, 4) is 0 Å². The molecule has 4 aliphatic carbocycles. The Balaban J connectivity index is 0.00000117. The van der Waals surface area contributed by atoms with Gasteiger partial charge in [-0.25, -0.2) is 8.78 Å². The molecule has 0 amide bonds. The van der Waals surface area contributed by atoms with E-state index in [4.69, 9.17) is 0 Å². The molecule has 0 aromatic heterocycles. The Bertz CT molecular complexity index is 549. The summed E-state index contributed by atoms with van der Waals surface area (Å²) in [6.07, 6.45) is 9.24. The molecular formula is C25H44F2O2. The summed E-state index contributed by atoms with van der Waals surface area (Å²) in [4.78, 5) is 0. The highest BCUT2D eigenvalue weighted by Crippen LogP contribution is 2.70. The summed E-state index contributed by atoms with van der Waals surface area (Å²) in [5.74, 6) is -2.24. The summed E-state index contributed by atoms with van der Waals surface area (Å²) >= 11 is 0. The zero-order valence-electron chi connectivity index (χ0n) is 19.1. The monoisotopic (exact) mass is 414 g/mol. The van der Waals surface area contributed by atoms with E-state index in [1.165, 1.54) is 6.42 Å². The Morgan fingerprint density at radius 3 is 2.17 bits per heavy atom. The molecule has 0 aromatic rings. The minimum atomic E-state index is -2.53. The molecule has 4 fully saturated rings. The summed E-state index contributed by atoms with van der Waals surface area (Å²) in [7, 11) is 0. The van der Waals surface area contributed by atoms with Crippen LogP contribution in [0.1, 0.15) is 91.9 Å². The number of fused-ring (bicyclic) bond motifs is 5. The van der Waals surface area contributed by atoms with Gasteiger partial charge < -0.3 is 10.2 Å². The third-order valence-electron chi connectivity index (χ3n) is 9.91. The molecule has 0 saturated heterocycles. The van der Waals surface area contributed by atoms with Gasteiger partial charge in [0.1, 0.15) is 0 Å². The van der Waals surface area contributed by atoms with Crippen molar-refractivity contribution in [3.05, 3.63) is 0 Å². The zero-order valence-corrected chi connectivity index (χ0v) is 19.1. The lowest BCUT2D eigenvalue weighted by Crippen LogP contribution is -2.60. The standard InChI is InChI=1S/C23H38F2O2.C2H6/c1-21-9-4-3-5-17(21)12-23(24,25)20-18-7-6-16(11-15(13-26)14-27)22(18,2)10-8-19(20)21;1-2/h15-20,26-27H,3-14H2,1-2H3;1-2H3. The second-order valence-corrected chi connectivity index (χ2v) is 10.9. The van der Waals surface area contributed by atoms with Crippen LogP contribution in [0.15, 0.2) is 0 Å². The number of aliphatic hydroxyl groups is 2. The van der Waals surface area contributed by atoms with Crippen LogP contribution >= 0.6 is 0 Å². The first-order valence-electron chi connectivity index (χ1n) is 12.4. The van der Waals surface area contributed by atoms with Crippen LogP contribution in [0.2, 0.25) is 0 Å². The van der Waals surface area contributed by atoms with Crippen molar-refractivity contribution in [2.24, 2.45) is 46.3 Å². The highest BCUT2D eigenvalue weighted by molar-refractivity contribution is 5.12. The molecule has 29 heavy (non-hydrogen) atoms. The average molecular weight is 415 g/mol.